The van der Waals surface area contributed by atoms with Gasteiger partial charge in [0.25, 0.3) is 0 Å². The summed E-state index contributed by atoms with van der Waals surface area (Å²) in [6.45, 7) is 0. The third kappa shape index (κ3) is 8.34. The number of methoxy groups -OCH3 is 1. The number of rotatable bonds is 8. The Morgan fingerprint density at radius 3 is 2.50 bits per heavy atom. The molecule has 0 spiro atoms. The normalized spacial score (nSPS) is 18.7. The zero-order valence-corrected chi connectivity index (χ0v) is 30.5. The summed E-state index contributed by atoms with van der Waals surface area (Å²) in [5.74, 6) is -0.551. The number of carbonyl (C=O) groups is 1. The SMILES string of the molecule is COc1cc(CCC(O)C2Cc3ccnc(c3)Nc3ccc4cc(O)ccc4c3CCC(c3cc(O)c(O)c(OC4CCCCC4)c3)CC2=O)ccc1O. The van der Waals surface area contributed by atoms with E-state index in [1.54, 1.807) is 42.6 Å². The van der Waals surface area contributed by atoms with Crippen LogP contribution in [0.1, 0.15) is 79.5 Å². The van der Waals surface area contributed by atoms with Gasteiger partial charge in [-0.05, 0) is 151 Å². The number of hydrogen-bond donors (Lipinski definition) is 6. The predicted molar refractivity (Wildman–Crippen MR) is 207 cm³/mol. The van der Waals surface area contributed by atoms with Gasteiger partial charge in [0.1, 0.15) is 17.4 Å². The van der Waals surface area contributed by atoms with Crippen LogP contribution in [0.2, 0.25) is 0 Å². The maximum absolute atomic E-state index is 14.6. The number of nitrogens with one attached hydrogen (secondary N) is 1. The highest BCUT2D eigenvalue weighted by Crippen LogP contribution is 2.43. The lowest BCUT2D eigenvalue weighted by Gasteiger charge is -2.27. The van der Waals surface area contributed by atoms with Crippen LogP contribution >= 0.6 is 0 Å². The third-order valence-corrected chi connectivity index (χ3v) is 11.1. The maximum Gasteiger partial charge on any atom is 0.200 e. The number of aliphatic hydroxyl groups is 1. The summed E-state index contributed by atoms with van der Waals surface area (Å²) in [6.07, 6.45) is 7.73. The number of nitrogens with zero attached hydrogens (tertiary/aromatic N) is 1. The molecule has 2 aliphatic rings. The summed E-state index contributed by atoms with van der Waals surface area (Å²) in [5, 5.41) is 59.4. The molecule has 1 aromatic heterocycles. The number of phenolic OH excluding ortho intramolecular Hbond substituents is 4. The van der Waals surface area contributed by atoms with Crippen molar-refractivity contribution in [2.45, 2.75) is 88.8 Å². The van der Waals surface area contributed by atoms with Crippen LogP contribution in [0.4, 0.5) is 11.5 Å². The molecular weight excluding hydrogens is 684 g/mol. The minimum atomic E-state index is -0.986. The van der Waals surface area contributed by atoms with E-state index in [4.69, 9.17) is 9.47 Å². The van der Waals surface area contributed by atoms with E-state index >= 15 is 0 Å². The Morgan fingerprint density at radius 1 is 0.852 bits per heavy atom. The standard InChI is InChI=1S/C44H48N2O8/c1-53-41-20-26(8-16-38(41)49)7-15-37(48)35-19-27-17-18-45-43(21-27)46-36-14-10-29-22-31(47)11-13-33(29)34(36)12-9-28(23-39(35)50)30-24-40(51)44(52)42(25-30)54-32-5-3-2-4-6-32/h8,10-11,13-14,16-18,20-22,24-25,28,32,35,37,47-49,51-52H,2-7,9,12,15,19,23H2,1H3,(H,45,46). The molecule has 0 radical (unpaired) electrons. The first-order valence-electron chi connectivity index (χ1n) is 18.9. The maximum atomic E-state index is 14.6. The third-order valence-electron chi connectivity index (χ3n) is 11.1. The van der Waals surface area contributed by atoms with Crippen LogP contribution < -0.4 is 14.8 Å². The highest BCUT2D eigenvalue weighted by Gasteiger charge is 2.31. The lowest BCUT2D eigenvalue weighted by molar-refractivity contribution is -0.127. The van der Waals surface area contributed by atoms with Gasteiger partial charge in [-0.15, -0.1) is 0 Å². The van der Waals surface area contributed by atoms with E-state index in [0.717, 1.165) is 65.3 Å². The van der Waals surface area contributed by atoms with E-state index in [0.29, 0.717) is 42.8 Å². The highest BCUT2D eigenvalue weighted by molar-refractivity contribution is 5.92. The molecule has 6 N–H and O–H groups in total. The molecule has 0 saturated heterocycles. The largest absolute Gasteiger partial charge is 0.508 e. The van der Waals surface area contributed by atoms with Crippen LogP contribution in [-0.4, -0.2) is 55.6 Å². The Hall–Kier alpha value is -5.48. The van der Waals surface area contributed by atoms with E-state index in [1.165, 1.54) is 13.2 Å². The van der Waals surface area contributed by atoms with Gasteiger partial charge in [0, 0.05) is 24.2 Å². The van der Waals surface area contributed by atoms with Crippen LogP contribution in [0.25, 0.3) is 10.8 Å². The van der Waals surface area contributed by atoms with E-state index in [2.05, 4.69) is 10.3 Å². The Balaban J connectivity index is 1.26. The molecule has 1 aliphatic heterocycles. The molecule has 3 unspecified atom stereocenters. The first-order valence-corrected chi connectivity index (χ1v) is 18.9. The summed E-state index contributed by atoms with van der Waals surface area (Å²) in [6, 6.07) is 21.3. The monoisotopic (exact) mass is 732 g/mol. The van der Waals surface area contributed by atoms with Gasteiger partial charge in [-0.3, -0.25) is 4.79 Å². The van der Waals surface area contributed by atoms with Crippen LogP contribution in [-0.2, 0) is 24.1 Å². The molecule has 54 heavy (non-hydrogen) atoms. The molecule has 1 fully saturated rings. The minimum absolute atomic E-state index is 0.0289. The van der Waals surface area contributed by atoms with Gasteiger partial charge in [-0.1, -0.05) is 24.6 Å². The number of benzene rings is 4. The molecular formula is C44H48N2O8. The molecule has 10 nitrogen and oxygen atoms in total. The van der Waals surface area contributed by atoms with Crippen molar-refractivity contribution < 1.29 is 39.8 Å². The van der Waals surface area contributed by atoms with Gasteiger partial charge in [-0.2, -0.15) is 0 Å². The Labute approximate surface area is 315 Å². The number of ether oxygens (including phenoxy) is 2. The van der Waals surface area contributed by atoms with Gasteiger partial charge < -0.3 is 40.3 Å². The smallest absolute Gasteiger partial charge is 0.200 e. The van der Waals surface area contributed by atoms with Gasteiger partial charge in [-0.25, -0.2) is 4.98 Å². The molecule has 1 saturated carbocycles. The number of aryl methyl sites for hydroxylation is 2. The predicted octanol–water partition coefficient (Wildman–Crippen LogP) is 8.36. The van der Waals surface area contributed by atoms with Crippen LogP contribution in [0, 0.1) is 5.92 Å². The van der Waals surface area contributed by atoms with E-state index in [9.17, 15) is 30.3 Å². The van der Waals surface area contributed by atoms with Crippen LogP contribution in [0.3, 0.4) is 0 Å². The van der Waals surface area contributed by atoms with Gasteiger partial charge >= 0.3 is 0 Å². The highest BCUT2D eigenvalue weighted by atomic mass is 16.5. The van der Waals surface area contributed by atoms with Crippen molar-refractivity contribution >= 4 is 28.1 Å². The number of carbonyl (C=O) groups excluding carboxylic acids is 1. The lowest BCUT2D eigenvalue weighted by atomic mass is 9.80. The number of ketones is 1. The average Bonchev–Trinajstić information content (AvgIpc) is 3.18. The zero-order chi connectivity index (χ0) is 37.8. The summed E-state index contributed by atoms with van der Waals surface area (Å²) < 4.78 is 11.6. The van der Waals surface area contributed by atoms with Gasteiger partial charge in [0.05, 0.1) is 19.3 Å². The molecule has 282 valence electrons. The number of hydrogen-bond acceptors (Lipinski definition) is 10. The van der Waals surface area contributed by atoms with Crippen molar-refractivity contribution in [3.63, 3.8) is 0 Å². The molecule has 0 amide bonds. The zero-order valence-electron chi connectivity index (χ0n) is 30.5. The van der Waals surface area contributed by atoms with Crippen molar-refractivity contribution in [1.29, 1.82) is 0 Å². The van der Waals surface area contributed by atoms with Crippen LogP contribution in [0.15, 0.2) is 79.0 Å². The fourth-order valence-corrected chi connectivity index (χ4v) is 8.09. The Bertz CT molecular complexity index is 2130. The second-order valence-corrected chi connectivity index (χ2v) is 14.8. The summed E-state index contributed by atoms with van der Waals surface area (Å²) in [5.41, 5.74) is 4.19. The molecule has 3 atom stereocenters. The number of pyridine rings is 1. The van der Waals surface area contributed by atoms with Crippen molar-refractivity contribution in [3.05, 3.63) is 101 Å². The van der Waals surface area contributed by atoms with E-state index in [-0.39, 0.29) is 53.5 Å². The second kappa shape index (κ2) is 16.3. The van der Waals surface area contributed by atoms with Crippen molar-refractivity contribution in [3.8, 4) is 34.5 Å². The summed E-state index contributed by atoms with van der Waals surface area (Å²) in [4.78, 5) is 19.2. The summed E-state index contributed by atoms with van der Waals surface area (Å²) in [7, 11) is 1.48. The van der Waals surface area contributed by atoms with Crippen molar-refractivity contribution in [1.82, 2.24) is 4.98 Å². The number of anilines is 2. The fraction of sp³-hybridized carbons (Fsp3) is 0.364. The van der Waals surface area contributed by atoms with Gasteiger partial charge in [0.15, 0.2) is 23.0 Å². The Kier molecular flexibility index (Phi) is 11.1. The fourth-order valence-electron chi connectivity index (χ4n) is 8.09. The van der Waals surface area contributed by atoms with Crippen molar-refractivity contribution in [2.75, 3.05) is 12.4 Å². The molecule has 7 rings (SSSR count). The van der Waals surface area contributed by atoms with Crippen molar-refractivity contribution in [2.24, 2.45) is 5.92 Å². The number of fused-ring (bicyclic) bond motifs is 5. The second-order valence-electron chi connectivity index (χ2n) is 14.8. The topological polar surface area (TPSA) is 162 Å². The average molecular weight is 733 g/mol. The molecule has 1 aliphatic carbocycles. The van der Waals surface area contributed by atoms with E-state index in [1.807, 2.05) is 30.3 Å². The molecule has 2 heterocycles. The molecule has 2 bridgehead atoms. The Morgan fingerprint density at radius 2 is 1.69 bits per heavy atom. The van der Waals surface area contributed by atoms with Gasteiger partial charge in [0.2, 0.25) is 5.75 Å². The first-order chi connectivity index (χ1) is 26.1. The summed E-state index contributed by atoms with van der Waals surface area (Å²) >= 11 is 0. The minimum Gasteiger partial charge on any atom is -0.508 e. The molecule has 5 aromatic rings. The number of aliphatic hydroxyl groups excluding tert-OH is 1. The number of aromatic hydroxyl groups is 4. The first kappa shape index (κ1) is 36.9. The number of aromatic nitrogens is 1. The van der Waals surface area contributed by atoms with Crippen LogP contribution in [0.5, 0.6) is 34.5 Å². The number of Topliss-reactive ketones (excluding diaryl/α,β-unsaturated/α-hetero) is 1. The molecule has 4 aromatic carbocycles. The quantitative estimate of drug-likeness (QED) is 0.0856. The number of phenols is 4. The lowest BCUT2D eigenvalue weighted by Crippen LogP contribution is -2.32. The van der Waals surface area contributed by atoms with E-state index < -0.39 is 17.9 Å². The molecule has 10 heteroatoms.